The maximum atomic E-state index is 11.9. The molecule has 0 spiro atoms. The zero-order valence-corrected chi connectivity index (χ0v) is 11.7. The molecule has 0 bridgehead atoms. The summed E-state index contributed by atoms with van der Waals surface area (Å²) in [7, 11) is -3.34. The Hall–Kier alpha value is -0.780. The molecule has 1 heterocycles. The summed E-state index contributed by atoms with van der Waals surface area (Å²) >= 11 is 5.63. The lowest BCUT2D eigenvalue weighted by molar-refractivity contribution is 0.134. The van der Waals surface area contributed by atoms with Crippen LogP contribution in [0.3, 0.4) is 0 Å². The Morgan fingerprint density at radius 3 is 2.83 bits per heavy atom. The van der Waals surface area contributed by atoms with Crippen molar-refractivity contribution < 1.29 is 13.2 Å². The summed E-state index contributed by atoms with van der Waals surface area (Å²) in [5, 5.41) is 0. The third-order valence-electron chi connectivity index (χ3n) is 2.76. The Balaban J connectivity index is 2.09. The summed E-state index contributed by atoms with van der Waals surface area (Å²) < 4.78 is 31.6. The second-order valence-electron chi connectivity index (χ2n) is 4.62. The van der Waals surface area contributed by atoms with Crippen LogP contribution >= 0.6 is 11.6 Å². The fraction of sp³-hybridized carbons (Fsp3) is 0.500. The molecular weight excluding hydrogens is 274 g/mol. The molecule has 1 aromatic carbocycles. The van der Waals surface area contributed by atoms with Crippen LogP contribution in [0.2, 0.25) is 0 Å². The van der Waals surface area contributed by atoms with Gasteiger partial charge in [-0.1, -0.05) is 13.0 Å². The van der Waals surface area contributed by atoms with Crippen LogP contribution in [-0.4, -0.2) is 20.1 Å². The SMILES string of the molecule is CC(CCl)CS(=O)(=O)Nc1ccc2c(c1)COC2. The zero-order valence-electron chi connectivity index (χ0n) is 10.1. The van der Waals surface area contributed by atoms with Crippen molar-refractivity contribution in [1.29, 1.82) is 0 Å². The van der Waals surface area contributed by atoms with Gasteiger partial charge < -0.3 is 4.74 Å². The average molecular weight is 290 g/mol. The minimum Gasteiger partial charge on any atom is -0.372 e. The Morgan fingerprint density at radius 1 is 1.39 bits per heavy atom. The molecule has 6 heteroatoms. The van der Waals surface area contributed by atoms with Crippen LogP contribution in [0.1, 0.15) is 18.1 Å². The fourth-order valence-corrected chi connectivity index (χ4v) is 3.55. The number of hydrogen-bond donors (Lipinski definition) is 1. The molecule has 2 rings (SSSR count). The number of nitrogens with one attached hydrogen (secondary N) is 1. The van der Waals surface area contributed by atoms with Crippen LogP contribution in [0.5, 0.6) is 0 Å². The van der Waals surface area contributed by atoms with E-state index < -0.39 is 10.0 Å². The normalized spacial score (nSPS) is 16.3. The van der Waals surface area contributed by atoms with Crippen molar-refractivity contribution in [2.75, 3.05) is 16.4 Å². The standard InChI is InChI=1S/C12H16ClNO3S/c1-9(5-13)8-18(15,16)14-12-3-2-10-6-17-7-11(10)4-12/h2-4,9,14H,5-8H2,1H3. The Kier molecular flexibility index (Phi) is 4.14. The van der Waals surface area contributed by atoms with Crippen molar-refractivity contribution in [1.82, 2.24) is 0 Å². The van der Waals surface area contributed by atoms with Gasteiger partial charge >= 0.3 is 0 Å². The second kappa shape index (κ2) is 5.47. The van der Waals surface area contributed by atoms with E-state index in [9.17, 15) is 8.42 Å². The monoisotopic (exact) mass is 289 g/mol. The van der Waals surface area contributed by atoms with Gasteiger partial charge in [0, 0.05) is 11.6 Å². The Bertz CT molecular complexity index is 530. The van der Waals surface area contributed by atoms with E-state index in [1.54, 1.807) is 6.07 Å². The van der Waals surface area contributed by atoms with E-state index in [1.165, 1.54) is 0 Å². The Labute approximate surface area is 112 Å². The van der Waals surface area contributed by atoms with E-state index in [2.05, 4.69) is 4.72 Å². The zero-order chi connectivity index (χ0) is 13.2. The molecule has 18 heavy (non-hydrogen) atoms. The molecule has 1 N–H and O–H groups in total. The van der Waals surface area contributed by atoms with Crippen LogP contribution in [0.15, 0.2) is 18.2 Å². The van der Waals surface area contributed by atoms with Gasteiger partial charge in [0.25, 0.3) is 0 Å². The highest BCUT2D eigenvalue weighted by Gasteiger charge is 2.17. The molecule has 1 aromatic rings. The van der Waals surface area contributed by atoms with Crippen molar-refractivity contribution in [3.63, 3.8) is 0 Å². The van der Waals surface area contributed by atoms with Crippen molar-refractivity contribution in [3.8, 4) is 0 Å². The lowest BCUT2D eigenvalue weighted by Crippen LogP contribution is -2.22. The minimum absolute atomic E-state index is 0.0318. The quantitative estimate of drug-likeness (QED) is 0.847. The first-order chi connectivity index (χ1) is 8.50. The van der Waals surface area contributed by atoms with Crippen LogP contribution in [0.25, 0.3) is 0 Å². The van der Waals surface area contributed by atoms with Crippen LogP contribution < -0.4 is 4.72 Å². The number of halogens is 1. The number of fused-ring (bicyclic) bond motifs is 1. The number of anilines is 1. The van der Waals surface area contributed by atoms with Crippen LogP contribution in [0, 0.1) is 5.92 Å². The smallest absolute Gasteiger partial charge is 0.233 e. The highest BCUT2D eigenvalue weighted by molar-refractivity contribution is 7.92. The first kappa shape index (κ1) is 13.6. The maximum Gasteiger partial charge on any atom is 0.233 e. The van der Waals surface area contributed by atoms with E-state index in [-0.39, 0.29) is 11.7 Å². The third kappa shape index (κ3) is 3.37. The van der Waals surface area contributed by atoms with Gasteiger partial charge in [-0.25, -0.2) is 8.42 Å². The number of alkyl halides is 1. The van der Waals surface area contributed by atoms with E-state index in [0.29, 0.717) is 24.8 Å². The molecule has 4 nitrogen and oxygen atoms in total. The van der Waals surface area contributed by atoms with E-state index in [1.807, 2.05) is 19.1 Å². The predicted octanol–water partition coefficient (Wildman–Crippen LogP) is 2.33. The number of ether oxygens (including phenoxy) is 1. The molecular formula is C12H16ClNO3S. The van der Waals surface area contributed by atoms with Gasteiger partial charge in [-0.15, -0.1) is 11.6 Å². The van der Waals surface area contributed by atoms with Gasteiger partial charge in [0.05, 0.1) is 19.0 Å². The maximum absolute atomic E-state index is 11.9. The Morgan fingerprint density at radius 2 is 2.11 bits per heavy atom. The molecule has 100 valence electrons. The molecule has 0 amide bonds. The number of hydrogen-bond acceptors (Lipinski definition) is 3. The van der Waals surface area contributed by atoms with Crippen molar-refractivity contribution >= 4 is 27.3 Å². The van der Waals surface area contributed by atoms with Crippen molar-refractivity contribution in [2.24, 2.45) is 5.92 Å². The van der Waals surface area contributed by atoms with Gasteiger partial charge in [-0.3, -0.25) is 4.72 Å². The highest BCUT2D eigenvalue weighted by Crippen LogP contribution is 2.24. The summed E-state index contributed by atoms with van der Waals surface area (Å²) in [6.07, 6.45) is 0. The van der Waals surface area contributed by atoms with Crippen molar-refractivity contribution in [2.45, 2.75) is 20.1 Å². The lowest BCUT2D eigenvalue weighted by Gasteiger charge is -2.11. The van der Waals surface area contributed by atoms with Gasteiger partial charge in [0.15, 0.2) is 0 Å². The lowest BCUT2D eigenvalue weighted by atomic mass is 10.1. The number of benzene rings is 1. The van der Waals surface area contributed by atoms with Crippen LogP contribution in [-0.2, 0) is 28.0 Å². The molecule has 0 aromatic heterocycles. The summed E-state index contributed by atoms with van der Waals surface area (Å²) in [5.41, 5.74) is 2.74. The van der Waals surface area contributed by atoms with Gasteiger partial charge in [0.2, 0.25) is 10.0 Å². The molecule has 1 aliphatic heterocycles. The largest absolute Gasteiger partial charge is 0.372 e. The minimum atomic E-state index is -3.34. The predicted molar refractivity (Wildman–Crippen MR) is 72.2 cm³/mol. The molecule has 0 saturated heterocycles. The van der Waals surface area contributed by atoms with E-state index in [4.69, 9.17) is 16.3 Å². The summed E-state index contributed by atoms with van der Waals surface area (Å²) in [6.45, 7) is 2.96. The fourth-order valence-electron chi connectivity index (χ4n) is 1.88. The van der Waals surface area contributed by atoms with Gasteiger partial charge in [0.1, 0.15) is 0 Å². The highest BCUT2D eigenvalue weighted by atomic mass is 35.5. The molecule has 1 unspecified atom stereocenters. The molecule has 0 aliphatic carbocycles. The molecule has 0 saturated carbocycles. The molecule has 1 atom stereocenters. The van der Waals surface area contributed by atoms with Crippen molar-refractivity contribution in [3.05, 3.63) is 29.3 Å². The first-order valence-corrected chi connectivity index (χ1v) is 7.95. The third-order valence-corrected chi connectivity index (χ3v) is 4.84. The molecule has 0 radical (unpaired) electrons. The number of sulfonamides is 1. The summed E-state index contributed by atoms with van der Waals surface area (Å²) in [4.78, 5) is 0. The summed E-state index contributed by atoms with van der Waals surface area (Å²) in [5.74, 6) is 0.296. The summed E-state index contributed by atoms with van der Waals surface area (Å²) in [6, 6.07) is 5.48. The number of rotatable bonds is 5. The second-order valence-corrected chi connectivity index (χ2v) is 6.69. The first-order valence-electron chi connectivity index (χ1n) is 5.76. The van der Waals surface area contributed by atoms with E-state index in [0.717, 1.165) is 11.1 Å². The molecule has 1 aliphatic rings. The van der Waals surface area contributed by atoms with E-state index >= 15 is 0 Å². The average Bonchev–Trinajstić information content (AvgIpc) is 2.74. The molecule has 0 fully saturated rings. The topological polar surface area (TPSA) is 55.4 Å². The van der Waals surface area contributed by atoms with Gasteiger partial charge in [-0.2, -0.15) is 0 Å². The van der Waals surface area contributed by atoms with Crippen LogP contribution in [0.4, 0.5) is 5.69 Å². The van der Waals surface area contributed by atoms with Gasteiger partial charge in [-0.05, 0) is 29.2 Å².